The van der Waals surface area contributed by atoms with Crippen molar-refractivity contribution in [2.45, 2.75) is 91.9 Å². The third kappa shape index (κ3) is 6.93. The Kier molecular flexibility index (Phi) is 10.4. The van der Waals surface area contributed by atoms with Crippen LogP contribution in [0.25, 0.3) is 0 Å². The van der Waals surface area contributed by atoms with Crippen LogP contribution < -0.4 is 0 Å². The van der Waals surface area contributed by atoms with Gasteiger partial charge in [0.05, 0.1) is 23.2 Å². The van der Waals surface area contributed by atoms with Gasteiger partial charge in [-0.25, -0.2) is 4.79 Å². The van der Waals surface area contributed by atoms with Gasteiger partial charge in [-0.1, -0.05) is 19.9 Å². The molecule has 224 valence electrons. The number of likely N-dealkylation sites (tertiary alicyclic amines) is 1. The molecule has 3 atom stereocenters. The highest BCUT2D eigenvalue weighted by Crippen LogP contribution is 2.50. The summed E-state index contributed by atoms with van der Waals surface area (Å²) in [6.07, 6.45) is 9.41. The summed E-state index contributed by atoms with van der Waals surface area (Å²) in [6, 6.07) is 4.23. The topological polar surface area (TPSA) is 117 Å². The lowest BCUT2D eigenvalue weighted by molar-refractivity contribution is -0.138. The van der Waals surface area contributed by atoms with Gasteiger partial charge >= 0.3 is 5.97 Å². The van der Waals surface area contributed by atoms with Gasteiger partial charge in [-0.15, -0.1) is 5.10 Å². The van der Waals surface area contributed by atoms with E-state index in [4.69, 9.17) is 9.72 Å². The molecule has 1 saturated heterocycles. The number of aromatic nitrogens is 1. The normalized spacial score (nSPS) is 25.9. The maximum Gasteiger partial charge on any atom is 0.336 e. The molecule has 1 N–H and O–H groups in total. The Morgan fingerprint density at radius 3 is 2.56 bits per heavy atom. The average Bonchev–Trinajstić information content (AvgIpc) is 3.48. The predicted octanol–water partition coefficient (Wildman–Crippen LogP) is 5.84. The Balaban J connectivity index is 1.31. The van der Waals surface area contributed by atoms with Crippen LogP contribution in [0.5, 0.6) is 0 Å². The number of ether oxygens (including phenoxy) is 1. The first-order valence-electron chi connectivity index (χ1n) is 15.4. The van der Waals surface area contributed by atoms with E-state index in [1.807, 2.05) is 24.9 Å². The molecule has 0 aromatic carbocycles. The van der Waals surface area contributed by atoms with Gasteiger partial charge in [0.1, 0.15) is 6.61 Å². The number of esters is 1. The molecule has 1 aromatic heterocycles. The fraction of sp³-hybridized carbons (Fsp3) is 0.688. The molecule has 1 aliphatic carbocycles. The quantitative estimate of drug-likeness (QED) is 0.148. The fourth-order valence-corrected chi connectivity index (χ4v) is 6.89. The van der Waals surface area contributed by atoms with E-state index >= 15 is 0 Å². The summed E-state index contributed by atoms with van der Waals surface area (Å²) < 4.78 is 5.17. The van der Waals surface area contributed by atoms with Crippen LogP contribution in [0.2, 0.25) is 0 Å². The van der Waals surface area contributed by atoms with E-state index < -0.39 is 0 Å². The third-order valence-electron chi connectivity index (χ3n) is 10.0. The number of cyclic esters (lactones) is 1. The highest BCUT2D eigenvalue weighted by Gasteiger charge is 2.50. The molecule has 1 spiro atoms. The second-order valence-electron chi connectivity index (χ2n) is 12.2. The standard InChI is InChI=1S/C32H47N5O4/c1-6-34-36-35-24(5)21(2)28-10-8-25(19-33-28)7-9-26(13-18-38)22(3)27-11-14-32(15-12-27)16-17-37(31(32)40)29-20-41-30(39)23(29)4/h8,10,19,21-22,26-27,38H,6-7,9,11-18,20H2,1-5H3/b35-24-,36-34?. The number of carbonyl (C=O) groups excluding carboxylic acids is 2. The third-order valence-corrected chi connectivity index (χ3v) is 10.0. The van der Waals surface area contributed by atoms with Crippen molar-refractivity contribution in [3.63, 3.8) is 0 Å². The fourth-order valence-electron chi connectivity index (χ4n) is 6.89. The molecule has 1 aromatic rings. The molecule has 9 heteroatoms. The van der Waals surface area contributed by atoms with Crippen molar-refractivity contribution in [3.05, 3.63) is 40.9 Å². The molecule has 9 nitrogen and oxygen atoms in total. The molecule has 1 amide bonds. The summed E-state index contributed by atoms with van der Waals surface area (Å²) in [5, 5.41) is 21.8. The Morgan fingerprint density at radius 1 is 1.20 bits per heavy atom. The first kappa shape index (κ1) is 31.0. The molecule has 3 unspecified atom stereocenters. The number of nitrogens with zero attached hydrogens (tertiary/aromatic N) is 5. The van der Waals surface area contributed by atoms with Crippen LogP contribution >= 0.6 is 0 Å². The van der Waals surface area contributed by atoms with Crippen molar-refractivity contribution >= 4 is 17.6 Å². The van der Waals surface area contributed by atoms with Crippen LogP contribution in [0, 0.1) is 23.2 Å². The summed E-state index contributed by atoms with van der Waals surface area (Å²) in [4.78, 5) is 31.9. The number of rotatable bonds is 12. The van der Waals surface area contributed by atoms with Crippen LogP contribution in [0.1, 0.15) is 96.7 Å². The maximum absolute atomic E-state index is 13.5. The molecule has 4 rings (SSSR count). The minimum atomic E-state index is -0.308. The number of aliphatic hydroxyl groups excluding tert-OH is 1. The second-order valence-corrected chi connectivity index (χ2v) is 12.2. The lowest BCUT2D eigenvalue weighted by Gasteiger charge is -2.40. The minimum Gasteiger partial charge on any atom is -0.456 e. The van der Waals surface area contributed by atoms with Crippen LogP contribution in [0.3, 0.4) is 0 Å². The summed E-state index contributed by atoms with van der Waals surface area (Å²) >= 11 is 0. The van der Waals surface area contributed by atoms with Gasteiger partial charge in [0, 0.05) is 36.7 Å². The van der Waals surface area contributed by atoms with Crippen molar-refractivity contribution in [1.82, 2.24) is 9.88 Å². The number of aryl methyl sites for hydroxylation is 1. The smallest absolute Gasteiger partial charge is 0.336 e. The SMILES string of the molecule is CCN=N/N=C(/C)C(C)c1ccc(CCC(CCO)C(C)C2CCC3(CC2)CCN(C2=C(C)C(=O)OC2)C3=O)cn1. The zero-order chi connectivity index (χ0) is 29.6. The number of hydrogen-bond acceptors (Lipinski definition) is 7. The van der Waals surface area contributed by atoms with Crippen LogP contribution in [-0.2, 0) is 20.7 Å². The van der Waals surface area contributed by atoms with Gasteiger partial charge in [0.2, 0.25) is 5.91 Å². The van der Waals surface area contributed by atoms with Crippen molar-refractivity contribution in [3.8, 4) is 0 Å². The van der Waals surface area contributed by atoms with Gasteiger partial charge in [-0.05, 0) is 107 Å². The maximum atomic E-state index is 13.5. The molecule has 2 aliphatic heterocycles. The largest absolute Gasteiger partial charge is 0.456 e. The molecule has 0 radical (unpaired) electrons. The monoisotopic (exact) mass is 565 g/mol. The van der Waals surface area contributed by atoms with Crippen LogP contribution in [-0.4, -0.2) is 58.9 Å². The van der Waals surface area contributed by atoms with Crippen molar-refractivity contribution < 1.29 is 19.4 Å². The Labute approximate surface area is 244 Å². The van der Waals surface area contributed by atoms with Gasteiger partial charge in [-0.3, -0.25) is 9.78 Å². The average molecular weight is 566 g/mol. The molecule has 2 fully saturated rings. The van der Waals surface area contributed by atoms with Crippen molar-refractivity contribution in [2.75, 3.05) is 26.3 Å². The number of hydrogen-bond donors (Lipinski definition) is 1. The molecule has 3 aliphatic rings. The number of pyridine rings is 1. The van der Waals surface area contributed by atoms with E-state index in [0.717, 1.165) is 68.5 Å². The number of amides is 1. The van der Waals surface area contributed by atoms with Gasteiger partial charge in [0.25, 0.3) is 0 Å². The Hall–Kier alpha value is -2.94. The summed E-state index contributed by atoms with van der Waals surface area (Å²) in [6.45, 7) is 11.8. The number of aliphatic hydroxyl groups is 1. The first-order valence-corrected chi connectivity index (χ1v) is 15.4. The molecule has 1 saturated carbocycles. The lowest BCUT2D eigenvalue weighted by Crippen LogP contribution is -2.39. The lowest BCUT2D eigenvalue weighted by atomic mass is 9.64. The highest BCUT2D eigenvalue weighted by molar-refractivity contribution is 5.94. The van der Waals surface area contributed by atoms with Gasteiger partial charge < -0.3 is 14.7 Å². The zero-order valence-electron chi connectivity index (χ0n) is 25.4. The van der Waals surface area contributed by atoms with E-state index in [2.05, 4.69) is 41.4 Å². The van der Waals surface area contributed by atoms with Crippen molar-refractivity contribution in [1.29, 1.82) is 0 Å². The van der Waals surface area contributed by atoms with E-state index in [9.17, 15) is 14.7 Å². The van der Waals surface area contributed by atoms with Gasteiger partial charge in [-0.2, -0.15) is 5.11 Å². The summed E-state index contributed by atoms with van der Waals surface area (Å²) in [5.74, 6) is 1.38. The highest BCUT2D eigenvalue weighted by atomic mass is 16.5. The molecule has 3 heterocycles. The Morgan fingerprint density at radius 2 is 1.95 bits per heavy atom. The zero-order valence-corrected chi connectivity index (χ0v) is 25.4. The van der Waals surface area contributed by atoms with E-state index in [0.29, 0.717) is 36.4 Å². The van der Waals surface area contributed by atoms with E-state index in [1.165, 1.54) is 5.56 Å². The van der Waals surface area contributed by atoms with E-state index in [1.54, 1.807) is 6.92 Å². The van der Waals surface area contributed by atoms with E-state index in [-0.39, 0.29) is 36.4 Å². The second kappa shape index (κ2) is 13.8. The molecule has 41 heavy (non-hydrogen) atoms. The predicted molar refractivity (Wildman–Crippen MR) is 158 cm³/mol. The van der Waals surface area contributed by atoms with Crippen LogP contribution in [0.4, 0.5) is 0 Å². The molecular formula is C32H47N5O4. The molecular weight excluding hydrogens is 518 g/mol. The Bertz CT molecular complexity index is 1170. The number of carbonyl (C=O) groups is 2. The van der Waals surface area contributed by atoms with Crippen molar-refractivity contribution in [2.24, 2.45) is 38.6 Å². The van der Waals surface area contributed by atoms with Gasteiger partial charge in [0.15, 0.2) is 0 Å². The molecule has 0 bridgehead atoms. The summed E-state index contributed by atoms with van der Waals surface area (Å²) in [5.41, 5.74) is 4.09. The summed E-state index contributed by atoms with van der Waals surface area (Å²) in [7, 11) is 0. The minimum absolute atomic E-state index is 0.0742. The van der Waals surface area contributed by atoms with Crippen LogP contribution in [0.15, 0.2) is 45.0 Å². The first-order chi connectivity index (χ1) is 19.7.